The van der Waals surface area contributed by atoms with Crippen molar-refractivity contribution in [2.24, 2.45) is 0 Å². The minimum atomic E-state index is -0.0637. The van der Waals surface area contributed by atoms with Crippen LogP contribution in [-0.2, 0) is 6.61 Å². The quantitative estimate of drug-likeness (QED) is 0.823. The molecule has 0 saturated heterocycles. The van der Waals surface area contributed by atoms with Crippen molar-refractivity contribution in [2.45, 2.75) is 25.5 Å². The molecule has 1 aliphatic carbocycles. The third kappa shape index (κ3) is 3.47. The van der Waals surface area contributed by atoms with E-state index in [1.165, 1.54) is 0 Å². The average Bonchev–Trinajstić information content (AvgIpc) is 3.22. The van der Waals surface area contributed by atoms with E-state index < -0.39 is 0 Å². The fourth-order valence-electron chi connectivity index (χ4n) is 2.08. The summed E-state index contributed by atoms with van der Waals surface area (Å²) in [4.78, 5) is 13.9. The number of carbonyl (C=O) groups is 1. The van der Waals surface area contributed by atoms with Gasteiger partial charge in [-0.1, -0.05) is 22.0 Å². The average molecular weight is 350 g/mol. The molecule has 1 aromatic carbocycles. The molecule has 0 N–H and O–H groups in total. The number of benzene rings is 1. The first-order chi connectivity index (χ1) is 10.1. The van der Waals surface area contributed by atoms with Gasteiger partial charge in [0.1, 0.15) is 18.1 Å². The summed E-state index contributed by atoms with van der Waals surface area (Å²) in [6.45, 7) is 0.302. The van der Waals surface area contributed by atoms with Gasteiger partial charge >= 0.3 is 0 Å². The van der Waals surface area contributed by atoms with Crippen LogP contribution >= 0.6 is 15.9 Å². The molecular formula is C16H16BrNO3. The normalized spacial score (nSPS) is 14.0. The zero-order chi connectivity index (χ0) is 14.8. The van der Waals surface area contributed by atoms with Crippen molar-refractivity contribution in [3.05, 3.63) is 52.4 Å². The standard InChI is InChI=1S/C16H16BrNO3/c1-18(12-5-6-12)16(19)15-8-7-14(21-15)10-20-13-4-2-3-11(17)9-13/h2-4,7-9,12H,5-6,10H2,1H3. The first-order valence-electron chi connectivity index (χ1n) is 6.88. The summed E-state index contributed by atoms with van der Waals surface area (Å²) in [5.74, 6) is 1.70. The maximum atomic E-state index is 12.1. The number of amides is 1. The third-order valence-electron chi connectivity index (χ3n) is 3.46. The highest BCUT2D eigenvalue weighted by Gasteiger charge is 2.31. The predicted octanol–water partition coefficient (Wildman–Crippen LogP) is 3.86. The summed E-state index contributed by atoms with van der Waals surface area (Å²) in [6, 6.07) is 11.5. The number of nitrogens with zero attached hydrogens (tertiary/aromatic N) is 1. The molecule has 0 atom stereocenters. The molecule has 4 nitrogen and oxygen atoms in total. The minimum Gasteiger partial charge on any atom is -0.486 e. The van der Waals surface area contributed by atoms with Crippen LogP contribution < -0.4 is 4.74 Å². The molecular weight excluding hydrogens is 334 g/mol. The predicted molar refractivity (Wildman–Crippen MR) is 82.3 cm³/mol. The summed E-state index contributed by atoms with van der Waals surface area (Å²) in [6.07, 6.45) is 2.17. The van der Waals surface area contributed by atoms with Crippen LogP contribution in [0.1, 0.15) is 29.2 Å². The molecule has 0 unspecified atom stereocenters. The van der Waals surface area contributed by atoms with Gasteiger partial charge in [0.05, 0.1) is 0 Å². The summed E-state index contributed by atoms with van der Waals surface area (Å²) in [5, 5.41) is 0. The SMILES string of the molecule is CN(C(=O)c1ccc(COc2cccc(Br)c2)o1)C1CC1. The lowest BCUT2D eigenvalue weighted by Gasteiger charge is -2.13. The Kier molecular flexibility index (Phi) is 4.01. The Bertz CT molecular complexity index is 648. The fourth-order valence-corrected chi connectivity index (χ4v) is 2.46. The maximum absolute atomic E-state index is 12.1. The largest absolute Gasteiger partial charge is 0.486 e. The highest BCUT2D eigenvalue weighted by atomic mass is 79.9. The monoisotopic (exact) mass is 349 g/mol. The molecule has 0 aliphatic heterocycles. The number of rotatable bonds is 5. The van der Waals surface area contributed by atoms with Gasteiger partial charge in [0.25, 0.3) is 5.91 Å². The molecule has 1 heterocycles. The molecule has 3 rings (SSSR count). The van der Waals surface area contributed by atoms with Crippen molar-refractivity contribution in [3.63, 3.8) is 0 Å². The Morgan fingerprint density at radius 1 is 1.38 bits per heavy atom. The lowest BCUT2D eigenvalue weighted by atomic mass is 10.3. The van der Waals surface area contributed by atoms with Gasteiger partial charge in [0.2, 0.25) is 0 Å². The molecule has 1 fully saturated rings. The zero-order valence-electron chi connectivity index (χ0n) is 11.7. The van der Waals surface area contributed by atoms with Crippen LogP contribution in [0.2, 0.25) is 0 Å². The Morgan fingerprint density at radius 2 is 2.19 bits per heavy atom. The second-order valence-corrected chi connectivity index (χ2v) is 6.07. The first-order valence-corrected chi connectivity index (χ1v) is 7.67. The number of halogens is 1. The van der Waals surface area contributed by atoms with E-state index in [2.05, 4.69) is 15.9 Å². The Morgan fingerprint density at radius 3 is 2.90 bits per heavy atom. The third-order valence-corrected chi connectivity index (χ3v) is 3.96. The second-order valence-electron chi connectivity index (χ2n) is 5.16. The summed E-state index contributed by atoms with van der Waals surface area (Å²) >= 11 is 3.39. The maximum Gasteiger partial charge on any atom is 0.289 e. The van der Waals surface area contributed by atoms with Crippen molar-refractivity contribution in [1.82, 2.24) is 4.90 Å². The zero-order valence-corrected chi connectivity index (χ0v) is 13.3. The van der Waals surface area contributed by atoms with Crippen LogP contribution in [0.25, 0.3) is 0 Å². The van der Waals surface area contributed by atoms with Crippen LogP contribution in [0.4, 0.5) is 0 Å². The van der Waals surface area contributed by atoms with Gasteiger partial charge in [0, 0.05) is 17.6 Å². The van der Waals surface area contributed by atoms with Gasteiger partial charge in [0.15, 0.2) is 5.76 Å². The van der Waals surface area contributed by atoms with Crippen LogP contribution in [0.3, 0.4) is 0 Å². The molecule has 5 heteroatoms. The topological polar surface area (TPSA) is 42.7 Å². The molecule has 1 amide bonds. The molecule has 1 aliphatic rings. The van der Waals surface area contributed by atoms with Gasteiger partial charge in [-0.25, -0.2) is 0 Å². The second kappa shape index (κ2) is 5.93. The van der Waals surface area contributed by atoms with Crippen molar-refractivity contribution in [2.75, 3.05) is 7.05 Å². The smallest absolute Gasteiger partial charge is 0.289 e. The number of ether oxygens (including phenoxy) is 1. The van der Waals surface area contributed by atoms with Gasteiger partial charge in [-0.3, -0.25) is 4.79 Å². The number of hydrogen-bond acceptors (Lipinski definition) is 3. The molecule has 21 heavy (non-hydrogen) atoms. The molecule has 110 valence electrons. The van der Waals surface area contributed by atoms with Gasteiger partial charge in [-0.15, -0.1) is 0 Å². The lowest BCUT2D eigenvalue weighted by Crippen LogP contribution is -2.28. The lowest BCUT2D eigenvalue weighted by molar-refractivity contribution is 0.0749. The van der Waals surface area contributed by atoms with Gasteiger partial charge in [-0.05, 0) is 43.2 Å². The Hall–Kier alpha value is -1.75. The van der Waals surface area contributed by atoms with E-state index in [1.807, 2.05) is 31.3 Å². The van der Waals surface area contributed by atoms with E-state index in [1.54, 1.807) is 17.0 Å². The van der Waals surface area contributed by atoms with Crippen LogP contribution in [0, 0.1) is 0 Å². The molecule has 1 aromatic heterocycles. The Balaban J connectivity index is 1.61. The molecule has 0 radical (unpaired) electrons. The van der Waals surface area contributed by atoms with E-state index in [-0.39, 0.29) is 5.91 Å². The highest BCUT2D eigenvalue weighted by molar-refractivity contribution is 9.10. The molecule has 0 spiro atoms. The fraction of sp³-hybridized carbons (Fsp3) is 0.312. The number of carbonyl (C=O) groups excluding carboxylic acids is 1. The minimum absolute atomic E-state index is 0.0637. The van der Waals surface area contributed by atoms with Crippen LogP contribution in [-0.4, -0.2) is 23.9 Å². The van der Waals surface area contributed by atoms with Crippen molar-refractivity contribution in [3.8, 4) is 5.75 Å². The highest BCUT2D eigenvalue weighted by Crippen LogP contribution is 2.27. The van der Waals surface area contributed by atoms with Gasteiger partial charge in [-0.2, -0.15) is 0 Å². The molecule has 1 saturated carbocycles. The van der Waals surface area contributed by atoms with Crippen molar-refractivity contribution < 1.29 is 13.9 Å². The van der Waals surface area contributed by atoms with Crippen LogP contribution in [0.15, 0.2) is 45.3 Å². The van der Waals surface area contributed by atoms with E-state index in [0.29, 0.717) is 24.2 Å². The van der Waals surface area contributed by atoms with Crippen LogP contribution in [0.5, 0.6) is 5.75 Å². The van der Waals surface area contributed by atoms with E-state index >= 15 is 0 Å². The summed E-state index contributed by atoms with van der Waals surface area (Å²) in [5.41, 5.74) is 0. The molecule has 2 aromatic rings. The first kappa shape index (κ1) is 14.2. The van der Waals surface area contributed by atoms with Crippen molar-refractivity contribution >= 4 is 21.8 Å². The molecule has 0 bridgehead atoms. The Labute approximate surface area is 131 Å². The summed E-state index contributed by atoms with van der Waals surface area (Å²) in [7, 11) is 1.82. The van der Waals surface area contributed by atoms with Crippen molar-refractivity contribution in [1.29, 1.82) is 0 Å². The number of furan rings is 1. The van der Waals surface area contributed by atoms with Gasteiger partial charge < -0.3 is 14.1 Å². The van der Waals surface area contributed by atoms with E-state index in [0.717, 1.165) is 23.1 Å². The summed E-state index contributed by atoms with van der Waals surface area (Å²) < 4.78 is 12.2. The van der Waals surface area contributed by atoms with E-state index in [4.69, 9.17) is 9.15 Å². The van der Waals surface area contributed by atoms with E-state index in [9.17, 15) is 4.79 Å². The number of hydrogen-bond donors (Lipinski definition) is 0.